The van der Waals surface area contributed by atoms with Crippen LogP contribution in [0.4, 0.5) is 4.79 Å². The number of benzene rings is 4. The Hall–Kier alpha value is -3.85. The molecule has 0 aromatic heterocycles. The average molecular weight is 394 g/mol. The molecule has 0 amide bonds. The van der Waals surface area contributed by atoms with Gasteiger partial charge in [0, 0.05) is 11.1 Å². The van der Waals surface area contributed by atoms with Crippen molar-refractivity contribution in [3.63, 3.8) is 0 Å². The fraction of sp³-hybridized carbons (Fsp3) is 0.0741. The van der Waals surface area contributed by atoms with E-state index in [-0.39, 0.29) is 0 Å². The highest BCUT2D eigenvalue weighted by Gasteiger charge is 2.18. The minimum Gasteiger partial charge on any atom is -0.394 e. The van der Waals surface area contributed by atoms with Crippen molar-refractivity contribution in [2.24, 2.45) is 0 Å². The van der Waals surface area contributed by atoms with Crippen LogP contribution in [0.3, 0.4) is 0 Å². The smallest absolute Gasteiger partial charge is 0.394 e. The Morgan fingerprint density at radius 1 is 0.633 bits per heavy atom. The summed E-state index contributed by atoms with van der Waals surface area (Å²) in [4.78, 5) is 12.7. The summed E-state index contributed by atoms with van der Waals surface area (Å²) < 4.78 is 11.3. The zero-order valence-corrected chi connectivity index (χ0v) is 17.0. The van der Waals surface area contributed by atoms with Crippen LogP contribution in [-0.2, 0) is 0 Å². The van der Waals surface area contributed by atoms with E-state index >= 15 is 0 Å². The molecule has 0 aliphatic heterocycles. The molecule has 0 unspecified atom stereocenters. The Balaban J connectivity index is 1.74. The molecule has 0 aliphatic rings. The number of carbonyl (C=O) groups is 1. The lowest BCUT2D eigenvalue weighted by Crippen LogP contribution is -2.15. The normalized spacial score (nSPS) is 10.5. The van der Waals surface area contributed by atoms with Crippen LogP contribution in [0.1, 0.15) is 11.1 Å². The third kappa shape index (κ3) is 4.26. The van der Waals surface area contributed by atoms with Crippen molar-refractivity contribution in [2.75, 3.05) is 0 Å². The van der Waals surface area contributed by atoms with E-state index in [4.69, 9.17) is 9.47 Å². The quantitative estimate of drug-likeness (QED) is 0.271. The number of aryl methyl sites for hydroxylation is 2. The van der Waals surface area contributed by atoms with Crippen molar-refractivity contribution in [1.29, 1.82) is 0 Å². The van der Waals surface area contributed by atoms with Crippen LogP contribution in [0.15, 0.2) is 97.1 Å². The maximum absolute atomic E-state index is 12.7. The zero-order valence-electron chi connectivity index (χ0n) is 17.0. The summed E-state index contributed by atoms with van der Waals surface area (Å²) in [6, 6.07) is 31.2. The molecular formula is C27H22O3. The highest BCUT2D eigenvalue weighted by Crippen LogP contribution is 2.39. The van der Waals surface area contributed by atoms with Gasteiger partial charge in [-0.2, -0.15) is 0 Å². The molecule has 0 aliphatic carbocycles. The molecule has 4 aromatic rings. The van der Waals surface area contributed by atoms with Crippen LogP contribution in [0, 0.1) is 13.8 Å². The molecular weight excluding hydrogens is 372 g/mol. The van der Waals surface area contributed by atoms with Gasteiger partial charge in [0.2, 0.25) is 0 Å². The molecule has 0 spiro atoms. The highest BCUT2D eigenvalue weighted by atomic mass is 16.7. The molecule has 4 aromatic carbocycles. The highest BCUT2D eigenvalue weighted by molar-refractivity contribution is 5.85. The summed E-state index contributed by atoms with van der Waals surface area (Å²) in [7, 11) is 0. The first-order valence-corrected chi connectivity index (χ1v) is 9.82. The van der Waals surface area contributed by atoms with Crippen LogP contribution < -0.4 is 9.47 Å². The minimum atomic E-state index is -0.762. The molecule has 0 atom stereocenters. The van der Waals surface area contributed by atoms with Crippen LogP contribution in [0.5, 0.6) is 11.5 Å². The van der Waals surface area contributed by atoms with Gasteiger partial charge < -0.3 is 9.47 Å². The molecule has 0 radical (unpaired) electrons. The third-order valence-electron chi connectivity index (χ3n) is 4.89. The predicted molar refractivity (Wildman–Crippen MR) is 120 cm³/mol. The second-order valence-electron chi connectivity index (χ2n) is 7.14. The van der Waals surface area contributed by atoms with E-state index < -0.39 is 6.16 Å². The monoisotopic (exact) mass is 394 g/mol. The van der Waals surface area contributed by atoms with Gasteiger partial charge in [-0.1, -0.05) is 96.6 Å². The Labute approximate surface area is 176 Å². The van der Waals surface area contributed by atoms with Gasteiger partial charge >= 0.3 is 6.16 Å². The number of carbonyl (C=O) groups excluding carboxylic acids is 1. The first-order valence-electron chi connectivity index (χ1n) is 9.82. The number of para-hydroxylation sites is 1. The molecule has 0 N–H and O–H groups in total. The number of hydrogen-bond acceptors (Lipinski definition) is 3. The van der Waals surface area contributed by atoms with E-state index in [9.17, 15) is 4.79 Å². The molecule has 4 rings (SSSR count). The van der Waals surface area contributed by atoms with E-state index in [2.05, 4.69) is 0 Å². The van der Waals surface area contributed by atoms with Crippen molar-refractivity contribution >= 4 is 6.16 Å². The van der Waals surface area contributed by atoms with Gasteiger partial charge in [0.1, 0.15) is 11.5 Å². The van der Waals surface area contributed by atoms with Crippen LogP contribution in [0.2, 0.25) is 0 Å². The molecule has 148 valence electrons. The van der Waals surface area contributed by atoms with E-state index in [1.807, 2.05) is 105 Å². The SMILES string of the molecule is Cc1ccc(OC(=O)Oc2c(-c3ccccc3)cccc2-c2ccccc2)c(C)c1. The van der Waals surface area contributed by atoms with Gasteiger partial charge in [0.25, 0.3) is 0 Å². The maximum atomic E-state index is 12.7. The van der Waals surface area contributed by atoms with E-state index in [0.717, 1.165) is 33.4 Å². The molecule has 0 fully saturated rings. The van der Waals surface area contributed by atoms with E-state index in [0.29, 0.717) is 11.5 Å². The van der Waals surface area contributed by atoms with E-state index in [1.54, 1.807) is 6.07 Å². The minimum absolute atomic E-state index is 0.477. The Morgan fingerprint density at radius 2 is 1.20 bits per heavy atom. The van der Waals surface area contributed by atoms with Crippen molar-refractivity contribution in [3.05, 3.63) is 108 Å². The summed E-state index contributed by atoms with van der Waals surface area (Å²) in [5.74, 6) is 0.966. The summed E-state index contributed by atoms with van der Waals surface area (Å²) in [5.41, 5.74) is 5.57. The van der Waals surface area contributed by atoms with Crippen molar-refractivity contribution in [3.8, 4) is 33.8 Å². The van der Waals surface area contributed by atoms with Crippen molar-refractivity contribution < 1.29 is 14.3 Å². The van der Waals surface area contributed by atoms with E-state index in [1.165, 1.54) is 0 Å². The number of ether oxygens (including phenoxy) is 2. The topological polar surface area (TPSA) is 35.5 Å². The molecule has 0 heterocycles. The van der Waals surface area contributed by atoms with Crippen LogP contribution in [-0.4, -0.2) is 6.16 Å². The lowest BCUT2D eigenvalue weighted by atomic mass is 9.97. The van der Waals surface area contributed by atoms with Gasteiger partial charge in [0.15, 0.2) is 0 Å². The fourth-order valence-electron chi connectivity index (χ4n) is 3.44. The largest absolute Gasteiger partial charge is 0.519 e. The first-order chi connectivity index (χ1) is 14.6. The van der Waals surface area contributed by atoms with Gasteiger partial charge in [-0.15, -0.1) is 0 Å². The standard InChI is InChI=1S/C27H22O3/c1-19-16-17-25(20(2)18-19)29-27(28)30-26-23(21-10-5-3-6-11-21)14-9-15-24(26)22-12-7-4-8-13-22/h3-18H,1-2H3. The predicted octanol–water partition coefficient (Wildman–Crippen LogP) is 7.22. The maximum Gasteiger partial charge on any atom is 0.519 e. The first kappa shape index (κ1) is 19.5. The van der Waals surface area contributed by atoms with Crippen molar-refractivity contribution in [1.82, 2.24) is 0 Å². The summed E-state index contributed by atoms with van der Waals surface area (Å²) >= 11 is 0. The fourth-order valence-corrected chi connectivity index (χ4v) is 3.44. The average Bonchev–Trinajstić information content (AvgIpc) is 2.77. The molecule has 0 bridgehead atoms. The van der Waals surface area contributed by atoms with Gasteiger partial charge in [0.05, 0.1) is 0 Å². The Kier molecular flexibility index (Phi) is 5.62. The molecule has 30 heavy (non-hydrogen) atoms. The molecule has 3 heteroatoms. The summed E-state index contributed by atoms with van der Waals surface area (Å²) in [6.07, 6.45) is -0.762. The Bertz CT molecular complexity index is 1110. The third-order valence-corrected chi connectivity index (χ3v) is 4.89. The molecule has 0 saturated heterocycles. The number of rotatable bonds is 4. The second-order valence-corrected chi connectivity index (χ2v) is 7.14. The second kappa shape index (κ2) is 8.66. The van der Waals surface area contributed by atoms with Gasteiger partial charge in [-0.3, -0.25) is 0 Å². The lowest BCUT2D eigenvalue weighted by molar-refractivity contribution is 0.152. The molecule has 0 saturated carbocycles. The molecule has 3 nitrogen and oxygen atoms in total. The van der Waals surface area contributed by atoms with Crippen LogP contribution in [0.25, 0.3) is 22.3 Å². The number of hydrogen-bond donors (Lipinski definition) is 0. The zero-order chi connectivity index (χ0) is 20.9. The Morgan fingerprint density at radius 3 is 1.73 bits per heavy atom. The lowest BCUT2D eigenvalue weighted by Gasteiger charge is -2.16. The van der Waals surface area contributed by atoms with Crippen molar-refractivity contribution in [2.45, 2.75) is 13.8 Å². The van der Waals surface area contributed by atoms with Crippen LogP contribution >= 0.6 is 0 Å². The summed E-state index contributed by atoms with van der Waals surface area (Å²) in [6.45, 7) is 3.90. The van der Waals surface area contributed by atoms with Gasteiger partial charge in [-0.05, 0) is 36.6 Å². The van der Waals surface area contributed by atoms with Gasteiger partial charge in [-0.25, -0.2) is 4.79 Å². The summed E-state index contributed by atoms with van der Waals surface area (Å²) in [5, 5.41) is 0.